The highest BCUT2D eigenvalue weighted by atomic mass is 16.2. The lowest BCUT2D eigenvalue weighted by atomic mass is 9.99. The number of nitrogens with zero attached hydrogens (tertiary/aromatic N) is 1. The third kappa shape index (κ3) is 3.16. The summed E-state index contributed by atoms with van der Waals surface area (Å²) in [6, 6.07) is 7.34. The quantitative estimate of drug-likeness (QED) is 0.781. The van der Waals surface area contributed by atoms with Crippen LogP contribution in [0.4, 0.5) is 16.2 Å². The van der Waals surface area contributed by atoms with Crippen molar-refractivity contribution in [2.45, 2.75) is 12.8 Å². The number of hydrogen-bond acceptors (Lipinski definition) is 3. The van der Waals surface area contributed by atoms with E-state index >= 15 is 0 Å². The number of rotatable bonds is 3. The first-order chi connectivity index (χ1) is 10.2. The Kier molecular flexibility index (Phi) is 4.06. The fourth-order valence-electron chi connectivity index (χ4n) is 2.76. The normalized spacial score (nSPS) is 22.0. The molecule has 0 radical (unpaired) electrons. The van der Waals surface area contributed by atoms with E-state index in [1.807, 2.05) is 24.3 Å². The minimum atomic E-state index is -0.0694. The van der Waals surface area contributed by atoms with Crippen molar-refractivity contribution in [3.63, 3.8) is 0 Å². The second kappa shape index (κ2) is 6.13. The van der Waals surface area contributed by atoms with Crippen molar-refractivity contribution in [1.29, 1.82) is 0 Å². The molecule has 1 aromatic carbocycles. The zero-order chi connectivity index (χ0) is 14.7. The predicted octanol–water partition coefficient (Wildman–Crippen LogP) is 1.15. The second-order valence-corrected chi connectivity index (χ2v) is 5.46. The van der Waals surface area contributed by atoms with Crippen molar-refractivity contribution >= 4 is 23.3 Å². The molecule has 0 aliphatic carbocycles. The van der Waals surface area contributed by atoms with Crippen LogP contribution in [0.25, 0.3) is 0 Å². The van der Waals surface area contributed by atoms with Gasteiger partial charge in [0.1, 0.15) is 0 Å². The average molecular weight is 288 g/mol. The van der Waals surface area contributed by atoms with Gasteiger partial charge in [-0.25, -0.2) is 4.79 Å². The molecule has 2 aliphatic rings. The van der Waals surface area contributed by atoms with Gasteiger partial charge in [-0.15, -0.1) is 0 Å². The van der Waals surface area contributed by atoms with E-state index in [1.54, 1.807) is 4.90 Å². The lowest BCUT2D eigenvalue weighted by molar-refractivity contribution is -0.120. The van der Waals surface area contributed by atoms with Gasteiger partial charge in [-0.3, -0.25) is 9.69 Å². The maximum atomic E-state index is 12.1. The van der Waals surface area contributed by atoms with Crippen molar-refractivity contribution in [2.24, 2.45) is 5.92 Å². The number of anilines is 2. The van der Waals surface area contributed by atoms with Crippen LogP contribution >= 0.6 is 0 Å². The first-order valence-electron chi connectivity index (χ1n) is 7.41. The number of carbonyl (C=O) groups excluding carboxylic acids is 2. The summed E-state index contributed by atoms with van der Waals surface area (Å²) < 4.78 is 0. The van der Waals surface area contributed by atoms with Crippen LogP contribution in [-0.4, -0.2) is 38.1 Å². The molecule has 2 fully saturated rings. The van der Waals surface area contributed by atoms with Gasteiger partial charge in [-0.1, -0.05) is 0 Å². The fourth-order valence-corrected chi connectivity index (χ4v) is 2.76. The third-order valence-electron chi connectivity index (χ3n) is 3.97. The number of hydrogen-bond donors (Lipinski definition) is 3. The number of urea groups is 1. The molecule has 3 N–H and O–H groups in total. The van der Waals surface area contributed by atoms with E-state index in [0.29, 0.717) is 13.1 Å². The van der Waals surface area contributed by atoms with Crippen LogP contribution < -0.4 is 20.9 Å². The molecular weight excluding hydrogens is 268 g/mol. The van der Waals surface area contributed by atoms with Gasteiger partial charge in [0.05, 0.1) is 5.92 Å². The van der Waals surface area contributed by atoms with Crippen molar-refractivity contribution < 1.29 is 9.59 Å². The summed E-state index contributed by atoms with van der Waals surface area (Å²) in [7, 11) is 0. The van der Waals surface area contributed by atoms with Crippen LogP contribution in [0.5, 0.6) is 0 Å². The highest BCUT2D eigenvalue weighted by Crippen LogP contribution is 2.20. The standard InChI is InChI=1S/C15H20N4O2/c20-14(11-2-1-7-16-10-11)18-12-3-5-13(6-4-12)19-9-8-17-15(19)21/h3-6,11,16H,1-2,7-10H2,(H,17,21)(H,18,20)/t11-/m0/s1. The molecule has 112 valence electrons. The molecule has 0 aromatic heterocycles. The molecule has 0 bridgehead atoms. The number of piperidine rings is 1. The molecule has 21 heavy (non-hydrogen) atoms. The predicted molar refractivity (Wildman–Crippen MR) is 81.4 cm³/mol. The lowest BCUT2D eigenvalue weighted by Gasteiger charge is -2.22. The molecule has 0 spiro atoms. The van der Waals surface area contributed by atoms with Crippen LogP contribution in [0.3, 0.4) is 0 Å². The third-order valence-corrected chi connectivity index (χ3v) is 3.97. The van der Waals surface area contributed by atoms with Gasteiger partial charge in [-0.05, 0) is 43.7 Å². The van der Waals surface area contributed by atoms with Gasteiger partial charge >= 0.3 is 6.03 Å². The summed E-state index contributed by atoms with van der Waals surface area (Å²) in [5.41, 5.74) is 1.62. The smallest absolute Gasteiger partial charge is 0.321 e. The van der Waals surface area contributed by atoms with Crippen molar-refractivity contribution in [3.05, 3.63) is 24.3 Å². The van der Waals surface area contributed by atoms with Crippen LogP contribution in [-0.2, 0) is 4.79 Å². The second-order valence-electron chi connectivity index (χ2n) is 5.46. The molecule has 0 unspecified atom stereocenters. The zero-order valence-corrected chi connectivity index (χ0v) is 11.9. The van der Waals surface area contributed by atoms with Gasteiger partial charge in [0.2, 0.25) is 5.91 Å². The van der Waals surface area contributed by atoms with Crippen LogP contribution in [0.1, 0.15) is 12.8 Å². The molecule has 3 amide bonds. The maximum absolute atomic E-state index is 12.1. The Hall–Kier alpha value is -2.08. The fraction of sp³-hybridized carbons (Fsp3) is 0.467. The first kappa shape index (κ1) is 13.9. The average Bonchev–Trinajstić information content (AvgIpc) is 2.95. The number of benzene rings is 1. The number of nitrogens with one attached hydrogen (secondary N) is 3. The van der Waals surface area contributed by atoms with Crippen molar-refractivity contribution in [3.8, 4) is 0 Å². The molecule has 3 rings (SSSR count). The van der Waals surface area contributed by atoms with E-state index in [0.717, 1.165) is 37.3 Å². The Labute approximate surface area is 123 Å². The van der Waals surface area contributed by atoms with E-state index in [9.17, 15) is 9.59 Å². The monoisotopic (exact) mass is 288 g/mol. The molecule has 2 heterocycles. The Morgan fingerprint density at radius 3 is 2.67 bits per heavy atom. The Morgan fingerprint density at radius 1 is 1.24 bits per heavy atom. The molecule has 2 aliphatic heterocycles. The number of amides is 3. The van der Waals surface area contributed by atoms with E-state index in [1.165, 1.54) is 0 Å². The summed E-state index contributed by atoms with van der Waals surface area (Å²) >= 11 is 0. The van der Waals surface area contributed by atoms with E-state index in [4.69, 9.17) is 0 Å². The summed E-state index contributed by atoms with van der Waals surface area (Å²) in [4.78, 5) is 25.4. The summed E-state index contributed by atoms with van der Waals surface area (Å²) in [6.07, 6.45) is 1.98. The number of carbonyl (C=O) groups is 2. The van der Waals surface area contributed by atoms with E-state index in [-0.39, 0.29) is 17.9 Å². The molecule has 1 atom stereocenters. The van der Waals surface area contributed by atoms with E-state index in [2.05, 4.69) is 16.0 Å². The SMILES string of the molecule is O=C(Nc1ccc(N2CCNC2=O)cc1)[C@H]1CCCNC1. The van der Waals surface area contributed by atoms with E-state index < -0.39 is 0 Å². The Morgan fingerprint density at radius 2 is 2.05 bits per heavy atom. The molecule has 1 aromatic rings. The van der Waals surface area contributed by atoms with Crippen molar-refractivity contribution in [2.75, 3.05) is 36.4 Å². The van der Waals surface area contributed by atoms with Crippen LogP contribution in [0.15, 0.2) is 24.3 Å². The highest BCUT2D eigenvalue weighted by molar-refractivity contribution is 5.95. The molecule has 6 nitrogen and oxygen atoms in total. The molecular formula is C15H20N4O2. The van der Waals surface area contributed by atoms with Gasteiger partial charge in [0.15, 0.2) is 0 Å². The van der Waals surface area contributed by atoms with Gasteiger partial charge in [0, 0.05) is 31.0 Å². The summed E-state index contributed by atoms with van der Waals surface area (Å²) in [5, 5.41) is 8.95. The highest BCUT2D eigenvalue weighted by Gasteiger charge is 2.22. The van der Waals surface area contributed by atoms with Gasteiger partial charge < -0.3 is 16.0 Å². The Bertz CT molecular complexity index is 523. The first-order valence-corrected chi connectivity index (χ1v) is 7.41. The molecule has 6 heteroatoms. The van der Waals surface area contributed by atoms with Gasteiger partial charge in [-0.2, -0.15) is 0 Å². The van der Waals surface area contributed by atoms with Crippen molar-refractivity contribution in [1.82, 2.24) is 10.6 Å². The largest absolute Gasteiger partial charge is 0.336 e. The Balaban J connectivity index is 1.61. The van der Waals surface area contributed by atoms with Crippen LogP contribution in [0, 0.1) is 5.92 Å². The zero-order valence-electron chi connectivity index (χ0n) is 11.9. The summed E-state index contributed by atoms with van der Waals surface area (Å²) in [6.45, 7) is 3.10. The minimum Gasteiger partial charge on any atom is -0.336 e. The molecule has 2 saturated heterocycles. The molecule has 0 saturated carbocycles. The minimum absolute atomic E-state index is 0.0442. The van der Waals surface area contributed by atoms with Crippen LogP contribution in [0.2, 0.25) is 0 Å². The summed E-state index contributed by atoms with van der Waals surface area (Å²) in [5.74, 6) is 0.108. The maximum Gasteiger partial charge on any atom is 0.321 e. The topological polar surface area (TPSA) is 73.5 Å². The van der Waals surface area contributed by atoms with Gasteiger partial charge in [0.25, 0.3) is 0 Å². The lowest BCUT2D eigenvalue weighted by Crippen LogP contribution is -2.37.